The average molecular weight is 690 g/mol. The molecule has 0 saturated carbocycles. The molecule has 3 unspecified atom stereocenters. The zero-order valence-electron chi connectivity index (χ0n) is 29.9. The van der Waals surface area contributed by atoms with Gasteiger partial charge in [-0.15, -0.1) is 0 Å². The lowest BCUT2D eigenvalue weighted by Crippen LogP contribution is -2.47. The van der Waals surface area contributed by atoms with Gasteiger partial charge in [-0.1, -0.05) is 36.9 Å². The van der Waals surface area contributed by atoms with Crippen LogP contribution in [-0.2, 0) is 33.2 Å². The van der Waals surface area contributed by atoms with E-state index in [2.05, 4.69) is 71.0 Å². The Morgan fingerprint density at radius 2 is 1.21 bits per heavy atom. The first-order chi connectivity index (χ1) is 23.5. The number of hydrogen-bond donors (Lipinski definition) is 0. The third-order valence-electron chi connectivity index (χ3n) is 9.00. The van der Waals surface area contributed by atoms with Crippen LogP contribution in [0.15, 0.2) is 52.3 Å². The average Bonchev–Trinajstić information content (AvgIpc) is 3.11. The van der Waals surface area contributed by atoms with Crippen LogP contribution in [0.3, 0.4) is 0 Å². The number of ether oxygens (including phenoxy) is 7. The fourth-order valence-corrected chi connectivity index (χ4v) is 6.96. The summed E-state index contributed by atoms with van der Waals surface area (Å²) in [6.07, 6.45) is 1.87. The van der Waals surface area contributed by atoms with E-state index in [9.17, 15) is 0 Å². The van der Waals surface area contributed by atoms with E-state index in [-0.39, 0.29) is 18.3 Å². The normalized spacial score (nSPS) is 17.2. The lowest BCUT2D eigenvalue weighted by atomic mass is 10.1. The van der Waals surface area contributed by atoms with Crippen molar-refractivity contribution in [3.63, 3.8) is 0 Å². The predicted molar refractivity (Wildman–Crippen MR) is 192 cm³/mol. The quantitative estimate of drug-likeness (QED) is 0.138. The number of aryl methyl sites for hydroxylation is 1. The standard InChI is InChI=1S/C37H59N3O7S/c1-6-31(41-3)25-46-28-33(43-5)29-47-27-32(42-4)26-45-23-22-44-21-20-39-18-16-38(17-19-39)14-9-15-40-34-10-7-8-11-36(34)48-37-13-12-30(2)24-35(37)40/h7-8,10-13,24,31-33H,6,9,14-23,25-29H2,1-5H3. The maximum atomic E-state index is 5.88. The Morgan fingerprint density at radius 1 is 0.625 bits per heavy atom. The molecule has 0 N–H and O–H groups in total. The highest BCUT2D eigenvalue weighted by Gasteiger charge is 2.24. The molecule has 0 radical (unpaired) electrons. The van der Waals surface area contributed by atoms with Crippen molar-refractivity contribution in [3.05, 3.63) is 48.0 Å². The minimum atomic E-state index is -0.146. The highest BCUT2D eigenvalue weighted by Crippen LogP contribution is 2.48. The fraction of sp³-hybridized carbons (Fsp3) is 0.676. The first-order valence-electron chi connectivity index (χ1n) is 17.5. The summed E-state index contributed by atoms with van der Waals surface area (Å²) in [5, 5.41) is 0. The summed E-state index contributed by atoms with van der Waals surface area (Å²) in [5.74, 6) is 0. The minimum absolute atomic E-state index is 0.104. The molecule has 2 heterocycles. The highest BCUT2D eigenvalue weighted by molar-refractivity contribution is 7.99. The van der Waals surface area contributed by atoms with E-state index < -0.39 is 0 Å². The van der Waals surface area contributed by atoms with Crippen LogP contribution in [0.2, 0.25) is 0 Å². The smallest absolute Gasteiger partial charge is 0.104 e. The fourth-order valence-electron chi connectivity index (χ4n) is 5.88. The first kappa shape index (κ1) is 39.0. The van der Waals surface area contributed by atoms with Crippen molar-refractivity contribution in [3.8, 4) is 0 Å². The molecule has 2 aromatic rings. The van der Waals surface area contributed by atoms with E-state index in [0.29, 0.717) is 46.2 Å². The van der Waals surface area contributed by atoms with Gasteiger partial charge in [0.2, 0.25) is 0 Å². The third-order valence-corrected chi connectivity index (χ3v) is 10.1. The van der Waals surface area contributed by atoms with Gasteiger partial charge in [-0.3, -0.25) is 4.90 Å². The zero-order chi connectivity index (χ0) is 34.0. The summed E-state index contributed by atoms with van der Waals surface area (Å²) < 4.78 is 39.5. The molecule has 2 aliphatic rings. The Bertz CT molecular complexity index is 1170. The first-order valence-corrected chi connectivity index (χ1v) is 18.3. The molecule has 3 atom stereocenters. The molecule has 0 bridgehead atoms. The van der Waals surface area contributed by atoms with Crippen molar-refractivity contribution < 1.29 is 33.2 Å². The summed E-state index contributed by atoms with van der Waals surface area (Å²) in [7, 11) is 5.04. The van der Waals surface area contributed by atoms with Crippen LogP contribution in [0.25, 0.3) is 0 Å². The summed E-state index contributed by atoms with van der Waals surface area (Å²) in [6.45, 7) is 15.9. The molecular weight excluding hydrogens is 630 g/mol. The second-order valence-electron chi connectivity index (χ2n) is 12.5. The molecule has 0 aliphatic carbocycles. The summed E-state index contributed by atoms with van der Waals surface area (Å²) >= 11 is 1.88. The van der Waals surface area contributed by atoms with Gasteiger partial charge in [0, 0.05) is 70.4 Å². The van der Waals surface area contributed by atoms with Crippen molar-refractivity contribution in [2.45, 2.75) is 54.8 Å². The molecule has 0 aromatic heterocycles. The van der Waals surface area contributed by atoms with Gasteiger partial charge in [0.05, 0.1) is 70.3 Å². The Kier molecular flexibility index (Phi) is 18.0. The van der Waals surface area contributed by atoms with Crippen LogP contribution in [0.5, 0.6) is 0 Å². The van der Waals surface area contributed by atoms with Gasteiger partial charge >= 0.3 is 0 Å². The Morgan fingerprint density at radius 3 is 1.88 bits per heavy atom. The largest absolute Gasteiger partial charge is 0.379 e. The maximum absolute atomic E-state index is 5.88. The van der Waals surface area contributed by atoms with Gasteiger partial charge in [0.15, 0.2) is 0 Å². The minimum Gasteiger partial charge on any atom is -0.379 e. The molecule has 4 rings (SSSR count). The molecular formula is C37H59N3O7S. The molecule has 270 valence electrons. The molecule has 48 heavy (non-hydrogen) atoms. The van der Waals surface area contributed by atoms with Gasteiger partial charge in [0.25, 0.3) is 0 Å². The molecule has 2 aliphatic heterocycles. The molecule has 11 heteroatoms. The van der Waals surface area contributed by atoms with Crippen LogP contribution in [0, 0.1) is 6.92 Å². The highest BCUT2D eigenvalue weighted by atomic mass is 32.2. The molecule has 1 saturated heterocycles. The second-order valence-corrected chi connectivity index (χ2v) is 13.6. The van der Waals surface area contributed by atoms with Gasteiger partial charge in [0.1, 0.15) is 12.2 Å². The van der Waals surface area contributed by atoms with Crippen LogP contribution >= 0.6 is 11.8 Å². The number of para-hydroxylation sites is 1. The number of nitrogens with zero attached hydrogens (tertiary/aromatic N) is 3. The lowest BCUT2D eigenvalue weighted by Gasteiger charge is -2.36. The van der Waals surface area contributed by atoms with Crippen LogP contribution < -0.4 is 4.90 Å². The SMILES string of the molecule is CCC(COCC(COCC(COCCOCCN1CCN(CCCN2c3ccccc3Sc3ccc(C)cc32)CC1)OC)OC)OC. The van der Waals surface area contributed by atoms with Crippen LogP contribution in [0.1, 0.15) is 25.3 Å². The van der Waals surface area contributed by atoms with E-state index >= 15 is 0 Å². The van der Waals surface area contributed by atoms with E-state index in [4.69, 9.17) is 33.2 Å². The lowest BCUT2D eigenvalue weighted by molar-refractivity contribution is -0.0875. The van der Waals surface area contributed by atoms with E-state index in [0.717, 1.165) is 65.3 Å². The molecule has 10 nitrogen and oxygen atoms in total. The van der Waals surface area contributed by atoms with Gasteiger partial charge < -0.3 is 43.0 Å². The van der Waals surface area contributed by atoms with E-state index in [1.165, 1.54) is 26.7 Å². The van der Waals surface area contributed by atoms with Crippen molar-refractivity contribution in [1.82, 2.24) is 9.80 Å². The number of fused-ring (bicyclic) bond motifs is 2. The van der Waals surface area contributed by atoms with Crippen LogP contribution in [-0.4, -0.2) is 148 Å². The van der Waals surface area contributed by atoms with Gasteiger partial charge in [-0.2, -0.15) is 0 Å². The van der Waals surface area contributed by atoms with Crippen molar-refractivity contribution in [1.29, 1.82) is 0 Å². The maximum Gasteiger partial charge on any atom is 0.104 e. The topological polar surface area (TPSA) is 74.3 Å². The number of anilines is 2. The number of piperazine rings is 1. The number of benzene rings is 2. The number of methoxy groups -OCH3 is 3. The summed E-state index contributed by atoms with van der Waals surface area (Å²) in [5.41, 5.74) is 3.99. The van der Waals surface area contributed by atoms with Gasteiger partial charge in [-0.05, 0) is 56.1 Å². The van der Waals surface area contributed by atoms with Crippen molar-refractivity contribution in [2.24, 2.45) is 0 Å². The Labute approximate surface area is 293 Å². The van der Waals surface area contributed by atoms with Gasteiger partial charge in [-0.25, -0.2) is 0 Å². The van der Waals surface area contributed by atoms with Crippen LogP contribution in [0.4, 0.5) is 11.4 Å². The summed E-state index contributed by atoms with van der Waals surface area (Å²) in [6, 6.07) is 15.6. The third kappa shape index (κ3) is 12.8. The molecule has 2 aromatic carbocycles. The van der Waals surface area contributed by atoms with Crippen molar-refractivity contribution >= 4 is 23.1 Å². The van der Waals surface area contributed by atoms with Crippen molar-refractivity contribution in [2.75, 3.05) is 125 Å². The van der Waals surface area contributed by atoms with E-state index in [1.807, 2.05) is 11.8 Å². The molecule has 0 amide bonds. The number of rotatable bonds is 24. The Hall–Kier alpha value is -1.77. The number of hydrogen-bond acceptors (Lipinski definition) is 11. The molecule has 1 fully saturated rings. The van der Waals surface area contributed by atoms with E-state index in [1.54, 1.807) is 21.3 Å². The Balaban J connectivity index is 1.01. The predicted octanol–water partition coefficient (Wildman–Crippen LogP) is 5.13. The zero-order valence-corrected chi connectivity index (χ0v) is 30.7. The molecule has 0 spiro atoms. The summed E-state index contributed by atoms with van der Waals surface area (Å²) in [4.78, 5) is 10.3. The second kappa shape index (κ2) is 22.1. The monoisotopic (exact) mass is 689 g/mol.